The van der Waals surface area contributed by atoms with Crippen LogP contribution >= 0.6 is 0 Å². The fraction of sp³-hybridized carbons (Fsp3) is 0.316. The van der Waals surface area contributed by atoms with Crippen molar-refractivity contribution in [2.24, 2.45) is 0 Å². The number of hydrogen-bond donors (Lipinski definition) is 2. The zero-order chi connectivity index (χ0) is 21.1. The van der Waals surface area contributed by atoms with Crippen LogP contribution in [0.2, 0.25) is 0 Å². The molecule has 0 radical (unpaired) electrons. The molecule has 0 aliphatic rings. The van der Waals surface area contributed by atoms with E-state index in [1.54, 1.807) is 26.0 Å². The molecule has 9 heteroatoms. The lowest BCUT2D eigenvalue weighted by Gasteiger charge is -2.16. The molecular weight excluding hydrogens is 388 g/mol. The van der Waals surface area contributed by atoms with Crippen LogP contribution in [0.25, 0.3) is 0 Å². The minimum atomic E-state index is -3.64. The summed E-state index contributed by atoms with van der Waals surface area (Å²) in [6, 6.07) is 7.34. The van der Waals surface area contributed by atoms with Gasteiger partial charge in [-0.2, -0.15) is 0 Å². The van der Waals surface area contributed by atoms with E-state index in [0.717, 1.165) is 16.4 Å². The number of carbonyl (C=O) groups excluding carboxylic acids is 1. The van der Waals surface area contributed by atoms with Gasteiger partial charge >= 0.3 is 0 Å². The number of rotatable bonds is 7. The van der Waals surface area contributed by atoms with Crippen LogP contribution in [-0.4, -0.2) is 39.3 Å². The Morgan fingerprint density at radius 3 is 2.43 bits per heavy atom. The van der Waals surface area contributed by atoms with Gasteiger partial charge in [0.2, 0.25) is 15.9 Å². The van der Waals surface area contributed by atoms with Crippen molar-refractivity contribution in [3.05, 3.63) is 59.2 Å². The molecule has 0 aliphatic heterocycles. The Bertz CT molecular complexity index is 978. The van der Waals surface area contributed by atoms with Gasteiger partial charge in [-0.1, -0.05) is 12.1 Å². The third-order valence-corrected chi connectivity index (χ3v) is 6.19. The van der Waals surface area contributed by atoms with Gasteiger partial charge in [-0.3, -0.25) is 4.79 Å². The summed E-state index contributed by atoms with van der Waals surface area (Å²) in [7, 11) is -0.781. The first kappa shape index (κ1) is 21.9. The van der Waals surface area contributed by atoms with E-state index < -0.39 is 33.6 Å². The molecule has 0 fully saturated rings. The van der Waals surface area contributed by atoms with Crippen LogP contribution in [0.4, 0.5) is 14.5 Å². The molecule has 0 aliphatic carbocycles. The molecule has 0 aromatic heterocycles. The molecular formula is C19H23F2N3O3S. The molecule has 0 saturated carbocycles. The summed E-state index contributed by atoms with van der Waals surface area (Å²) >= 11 is 0. The number of sulfonamides is 1. The minimum Gasteiger partial charge on any atom is -0.325 e. The Morgan fingerprint density at radius 2 is 1.82 bits per heavy atom. The van der Waals surface area contributed by atoms with Gasteiger partial charge < -0.3 is 10.6 Å². The lowest BCUT2D eigenvalue weighted by Crippen LogP contribution is -2.30. The predicted octanol–water partition coefficient (Wildman–Crippen LogP) is 2.81. The van der Waals surface area contributed by atoms with Gasteiger partial charge in [-0.25, -0.2) is 21.5 Å². The molecule has 0 saturated heterocycles. The topological polar surface area (TPSA) is 78.5 Å². The number of halogens is 2. The van der Waals surface area contributed by atoms with Gasteiger partial charge in [0.1, 0.15) is 11.6 Å². The van der Waals surface area contributed by atoms with Crippen LogP contribution in [0, 0.1) is 18.6 Å². The molecule has 0 bridgehead atoms. The first-order valence-corrected chi connectivity index (χ1v) is 9.97. The Labute approximate surface area is 163 Å². The van der Waals surface area contributed by atoms with Crippen LogP contribution in [0.3, 0.4) is 0 Å². The molecule has 6 nitrogen and oxygen atoms in total. The second-order valence-electron chi connectivity index (χ2n) is 6.58. The standard InChI is InChI=1S/C19H23F2N3O3S/c1-12-5-7-15(10-18(12)28(26,27)24(3)4)23-19(25)11-22-13(2)16-8-6-14(20)9-17(16)21/h5-10,13,22H,11H2,1-4H3,(H,23,25). The van der Waals surface area contributed by atoms with Crippen molar-refractivity contribution in [2.45, 2.75) is 24.8 Å². The molecule has 2 rings (SSSR count). The van der Waals surface area contributed by atoms with Crippen molar-refractivity contribution < 1.29 is 22.0 Å². The molecule has 28 heavy (non-hydrogen) atoms. The molecule has 1 unspecified atom stereocenters. The van der Waals surface area contributed by atoms with Crippen LogP contribution in [0.5, 0.6) is 0 Å². The van der Waals surface area contributed by atoms with Gasteiger partial charge in [-0.05, 0) is 37.6 Å². The smallest absolute Gasteiger partial charge is 0.242 e. The molecule has 0 heterocycles. The number of hydrogen-bond acceptors (Lipinski definition) is 4. The summed E-state index contributed by atoms with van der Waals surface area (Å²) in [6.45, 7) is 3.18. The predicted molar refractivity (Wildman–Crippen MR) is 103 cm³/mol. The normalized spacial score (nSPS) is 12.8. The molecule has 2 aromatic rings. The molecule has 1 atom stereocenters. The number of benzene rings is 2. The van der Waals surface area contributed by atoms with Crippen molar-refractivity contribution in [2.75, 3.05) is 26.0 Å². The SMILES string of the molecule is Cc1ccc(NC(=O)CNC(C)c2ccc(F)cc2F)cc1S(=O)(=O)N(C)C. The fourth-order valence-electron chi connectivity index (χ4n) is 2.57. The van der Waals surface area contributed by atoms with Crippen molar-refractivity contribution in [3.63, 3.8) is 0 Å². The Balaban J connectivity index is 2.05. The number of nitrogens with one attached hydrogen (secondary N) is 2. The highest BCUT2D eigenvalue weighted by molar-refractivity contribution is 7.89. The quantitative estimate of drug-likeness (QED) is 0.735. The fourth-order valence-corrected chi connectivity index (χ4v) is 3.71. The molecule has 1 amide bonds. The van der Waals surface area contributed by atoms with E-state index in [9.17, 15) is 22.0 Å². The van der Waals surface area contributed by atoms with Crippen molar-refractivity contribution in [1.82, 2.24) is 9.62 Å². The van der Waals surface area contributed by atoms with Gasteiger partial charge in [0.15, 0.2) is 0 Å². The molecule has 2 N–H and O–H groups in total. The summed E-state index contributed by atoms with van der Waals surface area (Å²) in [5, 5.41) is 5.47. The molecule has 152 valence electrons. The number of anilines is 1. The minimum absolute atomic E-state index is 0.102. The highest BCUT2D eigenvalue weighted by atomic mass is 32.2. The average Bonchev–Trinajstić information content (AvgIpc) is 2.61. The van der Waals surface area contributed by atoms with E-state index in [4.69, 9.17) is 0 Å². The number of carbonyl (C=O) groups is 1. The lowest BCUT2D eigenvalue weighted by atomic mass is 10.1. The second-order valence-corrected chi connectivity index (χ2v) is 8.70. The van der Waals surface area contributed by atoms with E-state index >= 15 is 0 Å². The Kier molecular flexibility index (Phi) is 6.87. The average molecular weight is 411 g/mol. The van der Waals surface area contributed by atoms with Crippen molar-refractivity contribution in [3.8, 4) is 0 Å². The highest BCUT2D eigenvalue weighted by Crippen LogP contribution is 2.22. The zero-order valence-corrected chi connectivity index (χ0v) is 16.9. The van der Waals surface area contributed by atoms with Gasteiger partial charge in [0.25, 0.3) is 0 Å². The van der Waals surface area contributed by atoms with E-state index in [1.165, 1.54) is 26.2 Å². The summed E-state index contributed by atoms with van der Waals surface area (Å²) in [5.41, 5.74) is 1.13. The Morgan fingerprint density at radius 1 is 1.14 bits per heavy atom. The second kappa shape index (κ2) is 8.76. The zero-order valence-electron chi connectivity index (χ0n) is 16.1. The highest BCUT2D eigenvalue weighted by Gasteiger charge is 2.20. The van der Waals surface area contributed by atoms with Crippen LogP contribution in [0.15, 0.2) is 41.3 Å². The summed E-state index contributed by atoms with van der Waals surface area (Å²) in [5.74, 6) is -1.79. The number of nitrogens with zero attached hydrogens (tertiary/aromatic N) is 1. The van der Waals surface area contributed by atoms with E-state index in [2.05, 4.69) is 10.6 Å². The van der Waals surface area contributed by atoms with E-state index in [0.29, 0.717) is 11.3 Å². The lowest BCUT2D eigenvalue weighted by molar-refractivity contribution is -0.115. The summed E-state index contributed by atoms with van der Waals surface area (Å²) in [4.78, 5) is 12.3. The maximum atomic E-state index is 13.8. The summed E-state index contributed by atoms with van der Waals surface area (Å²) < 4.78 is 52.6. The number of aryl methyl sites for hydroxylation is 1. The maximum Gasteiger partial charge on any atom is 0.242 e. The van der Waals surface area contributed by atoms with Crippen LogP contribution < -0.4 is 10.6 Å². The first-order chi connectivity index (χ1) is 13.0. The largest absolute Gasteiger partial charge is 0.325 e. The molecule has 2 aromatic carbocycles. The third-order valence-electron chi connectivity index (χ3n) is 4.23. The number of amides is 1. The van der Waals surface area contributed by atoms with Gasteiger partial charge in [0.05, 0.1) is 11.4 Å². The first-order valence-electron chi connectivity index (χ1n) is 8.53. The Hall–Kier alpha value is -2.36. The van der Waals surface area contributed by atoms with Gasteiger partial charge in [-0.15, -0.1) is 0 Å². The van der Waals surface area contributed by atoms with Crippen LogP contribution in [0.1, 0.15) is 24.1 Å². The van der Waals surface area contributed by atoms with E-state index in [1.807, 2.05) is 0 Å². The van der Waals surface area contributed by atoms with Crippen molar-refractivity contribution in [1.29, 1.82) is 0 Å². The summed E-state index contributed by atoms with van der Waals surface area (Å²) in [6.07, 6.45) is 0. The van der Waals surface area contributed by atoms with Crippen LogP contribution in [-0.2, 0) is 14.8 Å². The maximum absolute atomic E-state index is 13.8. The van der Waals surface area contributed by atoms with Crippen molar-refractivity contribution >= 4 is 21.6 Å². The molecule has 0 spiro atoms. The third kappa shape index (κ3) is 5.12. The van der Waals surface area contributed by atoms with Gasteiger partial charge in [0, 0.05) is 37.5 Å². The monoisotopic (exact) mass is 411 g/mol. The van der Waals surface area contributed by atoms with E-state index in [-0.39, 0.29) is 17.0 Å².